The molecule has 1 nitrogen and oxygen atoms in total. The van der Waals surface area contributed by atoms with Crippen molar-refractivity contribution in [2.75, 3.05) is 0 Å². The van der Waals surface area contributed by atoms with Gasteiger partial charge >= 0.3 is 0 Å². The minimum Gasteiger partial charge on any atom is -0.388 e. The lowest BCUT2D eigenvalue weighted by Crippen LogP contribution is -1.94. The molecule has 0 aliphatic heterocycles. The van der Waals surface area contributed by atoms with E-state index in [0.717, 1.165) is 5.56 Å². The zero-order valence-electron chi connectivity index (χ0n) is 7.81. The van der Waals surface area contributed by atoms with Gasteiger partial charge in [0.1, 0.15) is 0 Å². The first kappa shape index (κ1) is 9.44. The lowest BCUT2D eigenvalue weighted by atomic mass is 10.1. The quantitative estimate of drug-likeness (QED) is 0.758. The minimum absolute atomic E-state index is 0.421. The number of hydrogen-bond donors (Lipinski definition) is 1. The summed E-state index contributed by atoms with van der Waals surface area (Å²) >= 11 is 1.67. The Morgan fingerprint density at radius 3 is 3.07 bits per heavy atom. The van der Waals surface area contributed by atoms with Crippen LogP contribution in [0.5, 0.6) is 0 Å². The van der Waals surface area contributed by atoms with E-state index < -0.39 is 6.10 Å². The van der Waals surface area contributed by atoms with Crippen molar-refractivity contribution in [1.82, 2.24) is 0 Å². The molecule has 2 heteroatoms. The molecule has 0 amide bonds. The summed E-state index contributed by atoms with van der Waals surface area (Å²) in [6, 6.07) is 8.10. The summed E-state index contributed by atoms with van der Waals surface area (Å²) in [5.41, 5.74) is 1.01. The maximum atomic E-state index is 9.87. The summed E-state index contributed by atoms with van der Waals surface area (Å²) in [5.74, 6) is 0. The molecule has 0 aliphatic rings. The van der Waals surface area contributed by atoms with E-state index in [1.54, 1.807) is 17.4 Å². The monoisotopic (exact) mass is 204 g/mol. The molecule has 1 aromatic carbocycles. The van der Waals surface area contributed by atoms with Gasteiger partial charge in [-0.1, -0.05) is 24.3 Å². The average Bonchev–Trinajstić information content (AvgIpc) is 2.65. The topological polar surface area (TPSA) is 20.2 Å². The van der Waals surface area contributed by atoms with Gasteiger partial charge < -0.3 is 5.11 Å². The van der Waals surface area contributed by atoms with Crippen LogP contribution in [0.1, 0.15) is 18.1 Å². The van der Waals surface area contributed by atoms with Gasteiger partial charge in [0.25, 0.3) is 0 Å². The minimum atomic E-state index is -0.421. The third-order valence-corrected chi connectivity index (χ3v) is 3.24. The van der Waals surface area contributed by atoms with Crippen LogP contribution in [0.15, 0.2) is 42.3 Å². The molecule has 2 aromatic rings. The van der Waals surface area contributed by atoms with Gasteiger partial charge in [-0.3, -0.25) is 0 Å². The first-order valence-corrected chi connectivity index (χ1v) is 5.46. The molecule has 0 saturated heterocycles. The van der Waals surface area contributed by atoms with Crippen molar-refractivity contribution in [3.8, 4) is 0 Å². The van der Waals surface area contributed by atoms with E-state index in [2.05, 4.69) is 24.1 Å². The van der Waals surface area contributed by atoms with Gasteiger partial charge in [0, 0.05) is 4.70 Å². The molecule has 0 fully saturated rings. The maximum absolute atomic E-state index is 9.87. The van der Waals surface area contributed by atoms with Crippen LogP contribution in [0.2, 0.25) is 0 Å². The van der Waals surface area contributed by atoms with Crippen LogP contribution >= 0.6 is 11.3 Å². The zero-order valence-corrected chi connectivity index (χ0v) is 8.63. The lowest BCUT2D eigenvalue weighted by Gasteiger charge is -2.09. The molecule has 72 valence electrons. The average molecular weight is 204 g/mol. The molecule has 1 aromatic heterocycles. The van der Waals surface area contributed by atoms with Crippen LogP contribution in [0.25, 0.3) is 10.1 Å². The normalized spacial score (nSPS) is 12.9. The van der Waals surface area contributed by atoms with E-state index in [4.69, 9.17) is 0 Å². The summed E-state index contributed by atoms with van der Waals surface area (Å²) < 4.78 is 1.18. The second-order valence-corrected chi connectivity index (χ2v) is 4.14. The maximum Gasteiger partial charge on any atom is 0.0838 e. The predicted octanol–water partition coefficient (Wildman–Crippen LogP) is 3.51. The van der Waals surface area contributed by atoms with Gasteiger partial charge in [-0.2, -0.15) is 0 Å². The summed E-state index contributed by atoms with van der Waals surface area (Å²) in [6.07, 6.45) is 1.93. The van der Waals surface area contributed by atoms with Gasteiger partial charge in [-0.05, 0) is 28.8 Å². The Hall–Kier alpha value is -1.12. The standard InChI is InChI=1S/C12H12OS/c1-2-4-11(13)10-6-3-5-9-7-8-14-12(9)10/h2-3,5-8,11,13H,1,4H2. The molecular weight excluding hydrogens is 192 g/mol. The fourth-order valence-corrected chi connectivity index (χ4v) is 2.53. The van der Waals surface area contributed by atoms with Gasteiger partial charge in [-0.25, -0.2) is 0 Å². The van der Waals surface area contributed by atoms with Crippen molar-refractivity contribution < 1.29 is 5.11 Å². The molecule has 1 heterocycles. The van der Waals surface area contributed by atoms with Gasteiger partial charge in [-0.15, -0.1) is 17.9 Å². The smallest absolute Gasteiger partial charge is 0.0838 e. The summed E-state index contributed by atoms with van der Waals surface area (Å²) in [7, 11) is 0. The second kappa shape index (κ2) is 3.95. The van der Waals surface area contributed by atoms with E-state index in [1.165, 1.54) is 10.1 Å². The van der Waals surface area contributed by atoms with E-state index >= 15 is 0 Å². The Labute approximate surface area is 87.3 Å². The molecule has 1 N–H and O–H groups in total. The van der Waals surface area contributed by atoms with Crippen molar-refractivity contribution in [3.05, 3.63) is 47.9 Å². The van der Waals surface area contributed by atoms with Crippen molar-refractivity contribution in [1.29, 1.82) is 0 Å². The van der Waals surface area contributed by atoms with Crippen molar-refractivity contribution in [2.24, 2.45) is 0 Å². The van der Waals surface area contributed by atoms with Crippen molar-refractivity contribution in [2.45, 2.75) is 12.5 Å². The lowest BCUT2D eigenvalue weighted by molar-refractivity contribution is 0.183. The molecule has 1 unspecified atom stereocenters. The number of aliphatic hydroxyl groups excluding tert-OH is 1. The fraction of sp³-hybridized carbons (Fsp3) is 0.167. The predicted molar refractivity (Wildman–Crippen MR) is 61.6 cm³/mol. The SMILES string of the molecule is C=CCC(O)c1cccc2ccsc12. The molecule has 0 radical (unpaired) electrons. The van der Waals surface area contributed by atoms with Crippen LogP contribution in [0.4, 0.5) is 0 Å². The Morgan fingerprint density at radius 2 is 2.29 bits per heavy atom. The largest absolute Gasteiger partial charge is 0.388 e. The Morgan fingerprint density at radius 1 is 1.43 bits per heavy atom. The van der Waals surface area contributed by atoms with Gasteiger partial charge in [0.2, 0.25) is 0 Å². The van der Waals surface area contributed by atoms with Crippen LogP contribution in [-0.2, 0) is 0 Å². The fourth-order valence-electron chi connectivity index (χ4n) is 1.56. The van der Waals surface area contributed by atoms with E-state index in [-0.39, 0.29) is 0 Å². The Kier molecular flexibility index (Phi) is 2.66. The molecular formula is C12H12OS. The van der Waals surface area contributed by atoms with Crippen LogP contribution < -0.4 is 0 Å². The highest BCUT2D eigenvalue weighted by atomic mass is 32.1. The van der Waals surface area contributed by atoms with E-state index in [0.29, 0.717) is 6.42 Å². The molecule has 0 aliphatic carbocycles. The van der Waals surface area contributed by atoms with Crippen LogP contribution in [0, 0.1) is 0 Å². The third kappa shape index (κ3) is 1.59. The number of hydrogen-bond acceptors (Lipinski definition) is 2. The van der Waals surface area contributed by atoms with E-state index in [9.17, 15) is 5.11 Å². The van der Waals surface area contributed by atoms with Gasteiger partial charge in [0.15, 0.2) is 0 Å². The molecule has 0 saturated carbocycles. The number of rotatable bonds is 3. The Bertz CT molecular complexity index is 444. The summed E-state index contributed by atoms with van der Waals surface area (Å²) in [4.78, 5) is 0. The molecule has 0 spiro atoms. The molecule has 2 rings (SSSR count). The molecule has 14 heavy (non-hydrogen) atoms. The first-order chi connectivity index (χ1) is 6.83. The summed E-state index contributed by atoms with van der Waals surface area (Å²) in [6.45, 7) is 3.64. The third-order valence-electron chi connectivity index (χ3n) is 2.26. The second-order valence-electron chi connectivity index (χ2n) is 3.23. The Balaban J connectivity index is 2.50. The van der Waals surface area contributed by atoms with Crippen LogP contribution in [0.3, 0.4) is 0 Å². The van der Waals surface area contributed by atoms with Crippen LogP contribution in [-0.4, -0.2) is 5.11 Å². The highest BCUT2D eigenvalue weighted by Gasteiger charge is 2.09. The molecule has 0 bridgehead atoms. The number of aliphatic hydroxyl groups is 1. The number of thiophene rings is 1. The highest BCUT2D eigenvalue weighted by Crippen LogP contribution is 2.30. The van der Waals surface area contributed by atoms with Crippen molar-refractivity contribution >= 4 is 21.4 Å². The molecule has 1 atom stereocenters. The zero-order chi connectivity index (χ0) is 9.97. The number of fused-ring (bicyclic) bond motifs is 1. The first-order valence-electron chi connectivity index (χ1n) is 4.58. The van der Waals surface area contributed by atoms with E-state index in [1.807, 2.05) is 12.1 Å². The van der Waals surface area contributed by atoms with Crippen molar-refractivity contribution in [3.63, 3.8) is 0 Å². The van der Waals surface area contributed by atoms with Gasteiger partial charge in [0.05, 0.1) is 6.10 Å². The number of benzene rings is 1. The highest BCUT2D eigenvalue weighted by molar-refractivity contribution is 7.17. The summed E-state index contributed by atoms with van der Waals surface area (Å²) in [5, 5.41) is 13.1.